The van der Waals surface area contributed by atoms with Crippen LogP contribution in [0.5, 0.6) is 5.75 Å². The maximum absolute atomic E-state index is 12.5. The van der Waals surface area contributed by atoms with Crippen molar-refractivity contribution in [3.63, 3.8) is 0 Å². The summed E-state index contributed by atoms with van der Waals surface area (Å²) in [5, 5.41) is 13.1. The van der Waals surface area contributed by atoms with Crippen LogP contribution in [-0.4, -0.2) is 36.3 Å². The summed E-state index contributed by atoms with van der Waals surface area (Å²) in [7, 11) is 1.47. The number of primary amides is 1. The van der Waals surface area contributed by atoms with Gasteiger partial charge in [0, 0.05) is 18.4 Å². The number of carbonyl (C=O) groups is 2. The maximum Gasteiger partial charge on any atom is 0.269 e. The number of nitrogens with zero attached hydrogens (tertiary/aromatic N) is 3. The molecule has 10 nitrogen and oxygen atoms in total. The van der Waals surface area contributed by atoms with Crippen LogP contribution in [0.3, 0.4) is 0 Å². The van der Waals surface area contributed by atoms with Gasteiger partial charge in [0.2, 0.25) is 0 Å². The van der Waals surface area contributed by atoms with Gasteiger partial charge in [-0.05, 0) is 42.8 Å². The first-order valence-electron chi connectivity index (χ1n) is 8.81. The van der Waals surface area contributed by atoms with Gasteiger partial charge in [-0.25, -0.2) is 5.43 Å². The molecule has 0 bridgehead atoms. The summed E-state index contributed by atoms with van der Waals surface area (Å²) in [6, 6.07) is 10.1. The first kappa shape index (κ1) is 22.3. The molecular formula is C20H21N5O5. The zero-order valence-corrected chi connectivity index (χ0v) is 16.5. The van der Waals surface area contributed by atoms with Gasteiger partial charge in [0.15, 0.2) is 6.61 Å². The second-order valence-electron chi connectivity index (χ2n) is 6.24. The zero-order chi connectivity index (χ0) is 22.1. The highest BCUT2D eigenvalue weighted by Crippen LogP contribution is 2.11. The van der Waals surface area contributed by atoms with Crippen molar-refractivity contribution in [1.29, 1.82) is 5.26 Å². The van der Waals surface area contributed by atoms with E-state index in [1.54, 1.807) is 37.3 Å². The SMILES string of the molecule is COCc1cc(C)n(CC(=O)N/N=C/c2ccc(OCC(N)=O)cc2)c(=O)c1C#N. The van der Waals surface area contributed by atoms with Crippen molar-refractivity contribution in [1.82, 2.24) is 9.99 Å². The average molecular weight is 411 g/mol. The highest BCUT2D eigenvalue weighted by atomic mass is 16.5. The summed E-state index contributed by atoms with van der Waals surface area (Å²) in [4.78, 5) is 35.4. The van der Waals surface area contributed by atoms with E-state index in [4.69, 9.17) is 15.2 Å². The minimum atomic E-state index is -0.576. The minimum Gasteiger partial charge on any atom is -0.484 e. The summed E-state index contributed by atoms with van der Waals surface area (Å²) < 4.78 is 11.3. The smallest absolute Gasteiger partial charge is 0.269 e. The quantitative estimate of drug-likeness (QED) is 0.444. The number of nitrogens with two attached hydrogens (primary N) is 1. The molecule has 2 amide bonds. The summed E-state index contributed by atoms with van der Waals surface area (Å²) >= 11 is 0. The van der Waals surface area contributed by atoms with Crippen LogP contribution >= 0.6 is 0 Å². The second kappa shape index (κ2) is 10.5. The molecule has 0 saturated heterocycles. The molecule has 0 atom stereocenters. The molecule has 0 fully saturated rings. The van der Waals surface area contributed by atoms with E-state index in [9.17, 15) is 19.6 Å². The number of rotatable bonds is 9. The van der Waals surface area contributed by atoms with Crippen LogP contribution in [0, 0.1) is 18.3 Å². The predicted molar refractivity (Wildman–Crippen MR) is 108 cm³/mol. The molecule has 3 N–H and O–H groups in total. The third-order valence-corrected chi connectivity index (χ3v) is 3.97. The number of aryl methyl sites for hydroxylation is 1. The van der Waals surface area contributed by atoms with Gasteiger partial charge in [-0.2, -0.15) is 10.4 Å². The Morgan fingerprint density at radius 2 is 2.03 bits per heavy atom. The highest BCUT2D eigenvalue weighted by Gasteiger charge is 2.14. The molecule has 0 saturated carbocycles. The van der Waals surface area contributed by atoms with Gasteiger partial charge in [-0.1, -0.05) is 0 Å². The molecule has 1 heterocycles. The Morgan fingerprint density at radius 1 is 1.33 bits per heavy atom. The Bertz CT molecular complexity index is 1050. The number of nitriles is 1. The first-order valence-corrected chi connectivity index (χ1v) is 8.81. The molecule has 2 rings (SSSR count). The lowest BCUT2D eigenvalue weighted by Gasteiger charge is -2.12. The van der Waals surface area contributed by atoms with E-state index in [1.807, 2.05) is 6.07 Å². The molecule has 156 valence electrons. The Labute approximate surface area is 172 Å². The largest absolute Gasteiger partial charge is 0.484 e. The minimum absolute atomic E-state index is 0.0580. The van der Waals surface area contributed by atoms with Gasteiger partial charge in [0.1, 0.15) is 23.9 Å². The number of nitrogens with one attached hydrogen (secondary N) is 1. The van der Waals surface area contributed by atoms with Crippen LogP contribution in [0.15, 0.2) is 40.2 Å². The first-order chi connectivity index (χ1) is 14.3. The van der Waals surface area contributed by atoms with Crippen LogP contribution in [0.2, 0.25) is 0 Å². The van der Waals surface area contributed by atoms with Gasteiger partial charge in [-0.15, -0.1) is 0 Å². The number of ether oxygens (including phenoxy) is 2. The van der Waals surface area contributed by atoms with E-state index in [2.05, 4.69) is 10.5 Å². The van der Waals surface area contributed by atoms with Gasteiger partial charge < -0.3 is 19.8 Å². The van der Waals surface area contributed by atoms with Crippen molar-refractivity contribution in [2.45, 2.75) is 20.1 Å². The molecule has 0 aliphatic carbocycles. The monoisotopic (exact) mass is 411 g/mol. The van der Waals surface area contributed by atoms with Gasteiger partial charge in [-0.3, -0.25) is 14.4 Å². The molecule has 0 unspecified atom stereocenters. The molecule has 10 heteroatoms. The van der Waals surface area contributed by atoms with Crippen molar-refractivity contribution < 1.29 is 19.1 Å². The van der Waals surface area contributed by atoms with E-state index >= 15 is 0 Å². The number of hydrogen-bond donors (Lipinski definition) is 2. The molecule has 0 radical (unpaired) electrons. The Balaban J connectivity index is 2.02. The summed E-state index contributed by atoms with van der Waals surface area (Å²) in [5.41, 5.74) is 8.40. The van der Waals surface area contributed by atoms with Crippen molar-refractivity contribution in [3.05, 3.63) is 63.1 Å². The maximum atomic E-state index is 12.5. The lowest BCUT2D eigenvalue weighted by molar-refractivity contribution is -0.122. The molecule has 0 aliphatic rings. The molecule has 30 heavy (non-hydrogen) atoms. The Hall–Kier alpha value is -3.97. The lowest BCUT2D eigenvalue weighted by atomic mass is 10.1. The van der Waals surface area contributed by atoms with Gasteiger partial charge in [0.25, 0.3) is 17.4 Å². The van der Waals surface area contributed by atoms with Crippen LogP contribution in [0.4, 0.5) is 0 Å². The molecule has 2 aromatic rings. The predicted octanol–water partition coefficient (Wildman–Crippen LogP) is 0.189. The van der Waals surface area contributed by atoms with Crippen molar-refractivity contribution in [3.8, 4) is 11.8 Å². The number of amides is 2. The number of carbonyl (C=O) groups excluding carboxylic acids is 2. The number of hydrazone groups is 1. The molecule has 1 aromatic heterocycles. The van der Waals surface area contributed by atoms with E-state index < -0.39 is 17.4 Å². The van der Waals surface area contributed by atoms with E-state index in [0.29, 0.717) is 22.6 Å². The summed E-state index contributed by atoms with van der Waals surface area (Å²) in [6.45, 7) is 1.29. The number of pyridine rings is 1. The molecular weight excluding hydrogens is 390 g/mol. The zero-order valence-electron chi connectivity index (χ0n) is 16.5. The summed E-state index contributed by atoms with van der Waals surface area (Å²) in [5.74, 6) is -0.635. The number of aromatic nitrogens is 1. The van der Waals surface area contributed by atoms with E-state index in [1.165, 1.54) is 17.9 Å². The molecule has 0 aliphatic heterocycles. The standard InChI is InChI=1S/C20H21N5O5/c1-13-7-15(11-29-2)17(8-21)20(28)25(13)10-19(27)24-23-9-14-3-5-16(6-4-14)30-12-18(22)26/h3-7,9H,10-12H2,1-2H3,(H2,22,26)(H,24,27)/b23-9+. The third kappa shape index (κ3) is 6.02. The second-order valence-corrected chi connectivity index (χ2v) is 6.24. The fourth-order valence-electron chi connectivity index (χ4n) is 2.58. The van der Waals surface area contributed by atoms with Crippen LogP contribution in [0.25, 0.3) is 0 Å². The van der Waals surface area contributed by atoms with Crippen LogP contribution in [-0.2, 0) is 27.5 Å². The topological polar surface area (TPSA) is 149 Å². The highest BCUT2D eigenvalue weighted by molar-refractivity contribution is 5.82. The van der Waals surface area contributed by atoms with Crippen molar-refractivity contribution in [2.75, 3.05) is 13.7 Å². The van der Waals surface area contributed by atoms with Crippen molar-refractivity contribution >= 4 is 18.0 Å². The van der Waals surface area contributed by atoms with Crippen molar-refractivity contribution in [2.24, 2.45) is 10.8 Å². The van der Waals surface area contributed by atoms with E-state index in [-0.39, 0.29) is 25.3 Å². The number of methoxy groups -OCH3 is 1. The Kier molecular flexibility index (Phi) is 7.84. The van der Waals surface area contributed by atoms with Gasteiger partial charge in [0.05, 0.1) is 12.8 Å². The van der Waals surface area contributed by atoms with Gasteiger partial charge >= 0.3 is 0 Å². The fourth-order valence-corrected chi connectivity index (χ4v) is 2.58. The lowest BCUT2D eigenvalue weighted by Crippen LogP contribution is -2.33. The average Bonchev–Trinajstić information content (AvgIpc) is 2.71. The number of hydrogen-bond acceptors (Lipinski definition) is 7. The Morgan fingerprint density at radius 3 is 2.63 bits per heavy atom. The normalized spacial score (nSPS) is 10.6. The summed E-state index contributed by atoms with van der Waals surface area (Å²) in [6.07, 6.45) is 1.41. The van der Waals surface area contributed by atoms with E-state index in [0.717, 1.165) is 0 Å². The van der Waals surface area contributed by atoms with Crippen LogP contribution in [0.1, 0.15) is 22.4 Å². The molecule has 0 spiro atoms. The molecule has 1 aromatic carbocycles. The van der Waals surface area contributed by atoms with Crippen LogP contribution < -0.4 is 21.5 Å². The third-order valence-electron chi connectivity index (χ3n) is 3.97. The number of benzene rings is 1. The fraction of sp³-hybridized carbons (Fsp3) is 0.250.